The molecule has 148 valence electrons. The lowest BCUT2D eigenvalue weighted by Crippen LogP contribution is -2.46. The van der Waals surface area contributed by atoms with Gasteiger partial charge in [0.05, 0.1) is 33.9 Å². The fourth-order valence-electron chi connectivity index (χ4n) is 2.76. The second-order valence-electron chi connectivity index (χ2n) is 6.71. The Morgan fingerprint density at radius 3 is 2.22 bits per heavy atom. The van der Waals surface area contributed by atoms with Crippen molar-refractivity contribution in [3.63, 3.8) is 0 Å². The van der Waals surface area contributed by atoms with Crippen LogP contribution in [-0.4, -0.2) is 24.2 Å². The van der Waals surface area contributed by atoms with Gasteiger partial charge in [-0.15, -0.1) is 0 Å². The van der Waals surface area contributed by atoms with Gasteiger partial charge in [0, 0.05) is 5.70 Å². The molecule has 6 nitrogen and oxygen atoms in total. The monoisotopic (exact) mass is 414 g/mol. The molecule has 1 aliphatic heterocycles. The molecule has 2 amide bonds. The highest BCUT2D eigenvalue weighted by Gasteiger charge is 2.34. The van der Waals surface area contributed by atoms with Crippen LogP contribution in [0, 0.1) is 0 Å². The third-order valence-electron chi connectivity index (χ3n) is 3.78. The molecule has 27 heavy (non-hydrogen) atoms. The molecular weight excluding hydrogens is 391 g/mol. The number of rotatable bonds is 6. The number of allylic oxidation sites excluding steroid dienone is 1. The Bertz CT molecular complexity index is 752. The van der Waals surface area contributed by atoms with Crippen molar-refractivity contribution in [1.82, 2.24) is 10.6 Å². The van der Waals surface area contributed by atoms with Crippen LogP contribution in [0.25, 0.3) is 0 Å². The van der Waals surface area contributed by atoms with E-state index in [1.807, 2.05) is 20.8 Å². The number of hydrogen-bond acceptors (Lipinski definition) is 4. The molecule has 0 saturated heterocycles. The molecule has 2 rings (SSSR count). The molecule has 0 aromatic heterocycles. The van der Waals surface area contributed by atoms with Gasteiger partial charge in [-0.3, -0.25) is 0 Å². The molecule has 0 saturated carbocycles. The summed E-state index contributed by atoms with van der Waals surface area (Å²) in [6, 6.07) is 2.13. The summed E-state index contributed by atoms with van der Waals surface area (Å²) in [6.45, 7) is 9.10. The van der Waals surface area contributed by atoms with Gasteiger partial charge in [0.1, 0.15) is 0 Å². The maximum Gasteiger partial charge on any atom is 0.338 e. The molecule has 0 bridgehead atoms. The lowest BCUT2D eigenvalue weighted by molar-refractivity contribution is -0.143. The van der Waals surface area contributed by atoms with E-state index in [0.717, 1.165) is 0 Å². The first-order valence-corrected chi connectivity index (χ1v) is 9.56. The fourth-order valence-corrected chi connectivity index (χ4v) is 3.35. The second kappa shape index (κ2) is 8.85. The van der Waals surface area contributed by atoms with E-state index in [1.165, 1.54) is 0 Å². The number of urea groups is 1. The van der Waals surface area contributed by atoms with E-state index >= 15 is 0 Å². The summed E-state index contributed by atoms with van der Waals surface area (Å²) in [7, 11) is 0. The van der Waals surface area contributed by atoms with Crippen LogP contribution in [0.5, 0.6) is 5.75 Å². The average molecular weight is 415 g/mol. The van der Waals surface area contributed by atoms with Crippen LogP contribution in [0.15, 0.2) is 23.4 Å². The number of halogens is 2. The summed E-state index contributed by atoms with van der Waals surface area (Å²) < 4.78 is 11.0. The number of nitrogens with one attached hydrogen (secondary N) is 2. The minimum absolute atomic E-state index is 0.104. The first-order valence-electron chi connectivity index (χ1n) is 8.81. The SMILES string of the molecule is CCC1=C(C(=O)OC(C)C)C(c2cc(Cl)c(OC(C)C)c(Cl)c2)NC(=O)N1. The Hall–Kier alpha value is -1.92. The maximum atomic E-state index is 12.7. The van der Waals surface area contributed by atoms with Gasteiger partial charge in [-0.1, -0.05) is 30.1 Å². The quantitative estimate of drug-likeness (QED) is 0.658. The first-order chi connectivity index (χ1) is 12.6. The van der Waals surface area contributed by atoms with Crippen LogP contribution in [0.1, 0.15) is 52.6 Å². The van der Waals surface area contributed by atoms with Gasteiger partial charge < -0.3 is 20.1 Å². The van der Waals surface area contributed by atoms with Crippen molar-refractivity contribution in [1.29, 1.82) is 0 Å². The van der Waals surface area contributed by atoms with Crippen LogP contribution in [-0.2, 0) is 9.53 Å². The van der Waals surface area contributed by atoms with Gasteiger partial charge in [-0.2, -0.15) is 0 Å². The number of carbonyl (C=O) groups excluding carboxylic acids is 2. The Morgan fingerprint density at radius 1 is 1.15 bits per heavy atom. The molecule has 0 radical (unpaired) electrons. The van der Waals surface area contributed by atoms with E-state index in [4.69, 9.17) is 32.7 Å². The first kappa shape index (κ1) is 21.4. The number of benzene rings is 1. The van der Waals surface area contributed by atoms with E-state index in [2.05, 4.69) is 10.6 Å². The van der Waals surface area contributed by atoms with Gasteiger partial charge in [0.2, 0.25) is 0 Å². The van der Waals surface area contributed by atoms with E-state index < -0.39 is 18.0 Å². The molecule has 1 aromatic carbocycles. The molecule has 8 heteroatoms. The highest BCUT2D eigenvalue weighted by molar-refractivity contribution is 6.37. The van der Waals surface area contributed by atoms with Crippen molar-refractivity contribution >= 4 is 35.2 Å². The smallest absolute Gasteiger partial charge is 0.338 e. The van der Waals surface area contributed by atoms with Crippen LogP contribution in [0.3, 0.4) is 0 Å². The third kappa shape index (κ3) is 5.08. The van der Waals surface area contributed by atoms with Gasteiger partial charge in [-0.05, 0) is 51.8 Å². The zero-order valence-electron chi connectivity index (χ0n) is 16.0. The van der Waals surface area contributed by atoms with E-state index in [9.17, 15) is 9.59 Å². The third-order valence-corrected chi connectivity index (χ3v) is 4.34. The predicted octanol–water partition coefficient (Wildman–Crippen LogP) is 4.75. The molecule has 0 spiro atoms. The van der Waals surface area contributed by atoms with Crippen LogP contribution >= 0.6 is 23.2 Å². The number of esters is 1. The van der Waals surface area contributed by atoms with Crippen LogP contribution in [0.2, 0.25) is 10.0 Å². The highest BCUT2D eigenvalue weighted by atomic mass is 35.5. The highest BCUT2D eigenvalue weighted by Crippen LogP contribution is 2.39. The summed E-state index contributed by atoms with van der Waals surface area (Å²) in [5.74, 6) is -0.141. The van der Waals surface area contributed by atoms with Gasteiger partial charge in [0.25, 0.3) is 0 Å². The number of carbonyl (C=O) groups is 2. The Kier molecular flexibility index (Phi) is 7.00. The summed E-state index contributed by atoms with van der Waals surface area (Å²) in [6.07, 6.45) is 0.0608. The van der Waals surface area contributed by atoms with Crippen LogP contribution < -0.4 is 15.4 Å². The molecule has 1 heterocycles. The molecule has 1 unspecified atom stereocenters. The maximum absolute atomic E-state index is 12.7. The van der Waals surface area contributed by atoms with Crippen molar-refractivity contribution in [2.45, 2.75) is 59.3 Å². The van der Waals surface area contributed by atoms with Crippen molar-refractivity contribution in [3.05, 3.63) is 39.0 Å². The van der Waals surface area contributed by atoms with Crippen LogP contribution in [0.4, 0.5) is 4.79 Å². The minimum Gasteiger partial charge on any atom is -0.488 e. The predicted molar refractivity (Wildman–Crippen MR) is 105 cm³/mol. The summed E-state index contributed by atoms with van der Waals surface area (Å²) in [5, 5.41) is 6.02. The normalized spacial score (nSPS) is 17.1. The van der Waals surface area contributed by atoms with Gasteiger partial charge in [0.15, 0.2) is 5.75 Å². The number of hydrogen-bond donors (Lipinski definition) is 2. The Labute approximate surface area is 169 Å². The van der Waals surface area contributed by atoms with Crippen molar-refractivity contribution in [3.8, 4) is 5.75 Å². The number of amides is 2. The van der Waals surface area contributed by atoms with Crippen molar-refractivity contribution in [2.24, 2.45) is 0 Å². The lowest BCUT2D eigenvalue weighted by atomic mass is 9.94. The number of ether oxygens (including phenoxy) is 2. The molecule has 1 aromatic rings. The fraction of sp³-hybridized carbons (Fsp3) is 0.474. The minimum atomic E-state index is -0.733. The largest absolute Gasteiger partial charge is 0.488 e. The Morgan fingerprint density at radius 2 is 1.74 bits per heavy atom. The van der Waals surface area contributed by atoms with E-state index in [1.54, 1.807) is 26.0 Å². The summed E-state index contributed by atoms with van der Waals surface area (Å²) in [5.41, 5.74) is 1.40. The van der Waals surface area contributed by atoms with Gasteiger partial charge >= 0.3 is 12.0 Å². The topological polar surface area (TPSA) is 76.7 Å². The Balaban J connectivity index is 2.53. The molecule has 0 aliphatic carbocycles. The molecule has 1 atom stereocenters. The molecule has 2 N–H and O–H groups in total. The van der Waals surface area contributed by atoms with E-state index in [-0.39, 0.29) is 12.2 Å². The molecule has 0 fully saturated rings. The van der Waals surface area contributed by atoms with Crippen molar-refractivity contribution < 1.29 is 19.1 Å². The second-order valence-corrected chi connectivity index (χ2v) is 7.53. The zero-order valence-corrected chi connectivity index (χ0v) is 17.5. The van der Waals surface area contributed by atoms with Gasteiger partial charge in [-0.25, -0.2) is 9.59 Å². The summed E-state index contributed by atoms with van der Waals surface area (Å²) >= 11 is 12.7. The summed E-state index contributed by atoms with van der Waals surface area (Å²) in [4.78, 5) is 24.8. The molecular formula is C19H24Cl2N2O4. The van der Waals surface area contributed by atoms with E-state index in [0.29, 0.717) is 39.0 Å². The zero-order chi connectivity index (χ0) is 20.3. The lowest BCUT2D eigenvalue weighted by Gasteiger charge is -2.30. The standard InChI is InChI=1S/C19H24Cl2N2O4/c1-6-14-15(18(24)27-10(4)5)16(23-19(25)22-14)11-7-12(20)17(13(21)8-11)26-9(2)3/h7-10,16H,6H2,1-5H3,(H2,22,23,25). The van der Waals surface area contributed by atoms with Crippen molar-refractivity contribution in [2.75, 3.05) is 0 Å². The average Bonchev–Trinajstić information content (AvgIpc) is 2.56. The molecule has 1 aliphatic rings.